The monoisotopic (exact) mass is 325 g/mol. The van der Waals surface area contributed by atoms with E-state index in [9.17, 15) is 14.0 Å². The summed E-state index contributed by atoms with van der Waals surface area (Å²) < 4.78 is 13.7. The van der Waals surface area contributed by atoms with E-state index in [4.69, 9.17) is 5.11 Å². The van der Waals surface area contributed by atoms with Crippen LogP contribution in [0.15, 0.2) is 24.3 Å². The van der Waals surface area contributed by atoms with E-state index in [-0.39, 0.29) is 30.1 Å². The van der Waals surface area contributed by atoms with Crippen LogP contribution < -0.4 is 0 Å². The molecule has 1 N–H and O–H groups in total. The Morgan fingerprint density at radius 2 is 2.18 bits per heavy atom. The first-order valence-corrected chi connectivity index (χ1v) is 8.48. The van der Waals surface area contributed by atoms with E-state index in [0.717, 1.165) is 5.75 Å². The van der Waals surface area contributed by atoms with E-state index < -0.39 is 5.97 Å². The lowest BCUT2D eigenvalue weighted by Gasteiger charge is -2.36. The van der Waals surface area contributed by atoms with Crippen molar-refractivity contribution in [2.75, 3.05) is 18.1 Å². The number of benzene rings is 1. The first-order chi connectivity index (χ1) is 10.5. The molecule has 2 atom stereocenters. The topological polar surface area (TPSA) is 57.6 Å². The summed E-state index contributed by atoms with van der Waals surface area (Å²) in [5.74, 6) is -0.199. The molecule has 2 unspecified atom stereocenters. The third kappa shape index (κ3) is 4.22. The molecule has 1 amide bonds. The van der Waals surface area contributed by atoms with Crippen LogP contribution in [-0.4, -0.2) is 46.0 Å². The first-order valence-electron chi connectivity index (χ1n) is 7.32. The molecule has 22 heavy (non-hydrogen) atoms. The summed E-state index contributed by atoms with van der Waals surface area (Å²) in [6.45, 7) is 2.33. The van der Waals surface area contributed by atoms with Gasteiger partial charge in [0.25, 0.3) is 0 Å². The minimum absolute atomic E-state index is 0.0365. The maximum absolute atomic E-state index is 13.7. The smallest absolute Gasteiger partial charge is 0.305 e. The SMILES string of the molecule is CC(Cc1ccccc1F)C(=O)N1CCSCC1CC(=O)O. The van der Waals surface area contributed by atoms with Crippen LogP contribution in [0.3, 0.4) is 0 Å². The molecular formula is C16H20FNO3S. The number of nitrogens with zero attached hydrogens (tertiary/aromatic N) is 1. The van der Waals surface area contributed by atoms with E-state index in [2.05, 4.69) is 0 Å². The summed E-state index contributed by atoms with van der Waals surface area (Å²) in [7, 11) is 0. The summed E-state index contributed by atoms with van der Waals surface area (Å²) in [6.07, 6.45) is 0.292. The molecule has 120 valence electrons. The summed E-state index contributed by atoms with van der Waals surface area (Å²) in [5, 5.41) is 8.98. The maximum atomic E-state index is 13.7. The Hall–Kier alpha value is -1.56. The van der Waals surface area contributed by atoms with Crippen molar-refractivity contribution in [3.8, 4) is 0 Å². The number of hydrogen-bond acceptors (Lipinski definition) is 3. The Kier molecular flexibility index (Phi) is 5.83. The number of thioether (sulfide) groups is 1. The van der Waals surface area contributed by atoms with Crippen molar-refractivity contribution in [2.45, 2.75) is 25.8 Å². The largest absolute Gasteiger partial charge is 0.481 e. The normalized spacial score (nSPS) is 19.7. The summed E-state index contributed by atoms with van der Waals surface area (Å²) >= 11 is 1.67. The van der Waals surface area contributed by atoms with Crippen LogP contribution in [0.2, 0.25) is 0 Å². The van der Waals surface area contributed by atoms with Crippen molar-refractivity contribution >= 4 is 23.6 Å². The van der Waals surface area contributed by atoms with Gasteiger partial charge in [0.2, 0.25) is 5.91 Å². The molecule has 0 aromatic heterocycles. The summed E-state index contributed by atoms with van der Waals surface area (Å²) in [6, 6.07) is 6.17. The number of rotatable bonds is 5. The average molecular weight is 325 g/mol. The second-order valence-electron chi connectivity index (χ2n) is 5.55. The van der Waals surface area contributed by atoms with Gasteiger partial charge in [-0.1, -0.05) is 25.1 Å². The number of carbonyl (C=O) groups excluding carboxylic acids is 1. The molecule has 4 nitrogen and oxygen atoms in total. The number of carboxylic acids is 1. The van der Waals surface area contributed by atoms with Crippen molar-refractivity contribution in [3.63, 3.8) is 0 Å². The number of carboxylic acid groups (broad SMARTS) is 1. The van der Waals surface area contributed by atoms with Crippen molar-refractivity contribution in [3.05, 3.63) is 35.6 Å². The summed E-state index contributed by atoms with van der Waals surface area (Å²) in [5.41, 5.74) is 0.518. The molecular weight excluding hydrogens is 305 g/mol. The Labute approximate surface area is 133 Å². The highest BCUT2D eigenvalue weighted by atomic mass is 32.2. The second kappa shape index (κ2) is 7.63. The van der Waals surface area contributed by atoms with Crippen LogP contribution in [0.5, 0.6) is 0 Å². The molecule has 1 heterocycles. The van der Waals surface area contributed by atoms with Crippen LogP contribution >= 0.6 is 11.8 Å². The van der Waals surface area contributed by atoms with Crippen molar-refractivity contribution in [2.24, 2.45) is 5.92 Å². The first kappa shape index (κ1) is 16.8. The highest BCUT2D eigenvalue weighted by Gasteiger charge is 2.31. The molecule has 1 saturated heterocycles. The standard InChI is InChI=1S/C16H20FNO3S/c1-11(8-12-4-2-3-5-14(12)17)16(21)18-6-7-22-10-13(18)9-15(19)20/h2-5,11,13H,6-10H2,1H3,(H,19,20). The van der Waals surface area contributed by atoms with Gasteiger partial charge in [-0.25, -0.2) is 4.39 Å². The zero-order valence-electron chi connectivity index (χ0n) is 12.5. The van der Waals surface area contributed by atoms with E-state index in [1.807, 2.05) is 0 Å². The van der Waals surface area contributed by atoms with Gasteiger partial charge >= 0.3 is 5.97 Å². The quantitative estimate of drug-likeness (QED) is 0.903. The molecule has 1 aliphatic heterocycles. The van der Waals surface area contributed by atoms with Gasteiger partial charge in [0.1, 0.15) is 5.82 Å². The van der Waals surface area contributed by atoms with Crippen molar-refractivity contribution in [1.29, 1.82) is 0 Å². The Bertz CT molecular complexity index is 552. The lowest BCUT2D eigenvalue weighted by molar-refractivity contribution is -0.141. The van der Waals surface area contributed by atoms with Gasteiger partial charge in [-0.15, -0.1) is 0 Å². The third-order valence-electron chi connectivity index (χ3n) is 3.83. The predicted octanol–water partition coefficient (Wildman–Crippen LogP) is 2.42. The molecule has 0 radical (unpaired) electrons. The van der Waals surface area contributed by atoms with Crippen molar-refractivity contribution in [1.82, 2.24) is 4.90 Å². The van der Waals surface area contributed by atoms with Gasteiger partial charge in [0, 0.05) is 24.0 Å². The minimum Gasteiger partial charge on any atom is -0.481 e. The zero-order chi connectivity index (χ0) is 16.1. The number of aliphatic carboxylic acids is 1. The van der Waals surface area contributed by atoms with Gasteiger partial charge in [-0.3, -0.25) is 9.59 Å². The Morgan fingerprint density at radius 3 is 2.86 bits per heavy atom. The fraction of sp³-hybridized carbons (Fsp3) is 0.500. The van der Waals surface area contributed by atoms with Gasteiger partial charge < -0.3 is 10.0 Å². The van der Waals surface area contributed by atoms with E-state index in [1.54, 1.807) is 41.8 Å². The van der Waals surface area contributed by atoms with Gasteiger partial charge in [-0.2, -0.15) is 11.8 Å². The number of amides is 1. The molecule has 6 heteroatoms. The lowest BCUT2D eigenvalue weighted by Crippen LogP contribution is -2.49. The lowest BCUT2D eigenvalue weighted by atomic mass is 9.98. The summed E-state index contributed by atoms with van der Waals surface area (Å²) in [4.78, 5) is 25.2. The molecule has 1 aromatic carbocycles. The molecule has 1 aromatic rings. The highest BCUT2D eigenvalue weighted by molar-refractivity contribution is 7.99. The molecule has 1 aliphatic rings. The van der Waals surface area contributed by atoms with Crippen LogP contribution in [0.4, 0.5) is 4.39 Å². The molecule has 0 aliphatic carbocycles. The van der Waals surface area contributed by atoms with Gasteiger partial charge in [0.05, 0.1) is 12.5 Å². The predicted molar refractivity (Wildman–Crippen MR) is 84.3 cm³/mol. The minimum atomic E-state index is -0.896. The van der Waals surface area contributed by atoms with Crippen LogP contribution in [0, 0.1) is 11.7 Å². The van der Waals surface area contributed by atoms with Crippen LogP contribution in [-0.2, 0) is 16.0 Å². The fourth-order valence-corrected chi connectivity index (χ4v) is 3.74. The highest BCUT2D eigenvalue weighted by Crippen LogP contribution is 2.23. The van der Waals surface area contributed by atoms with E-state index >= 15 is 0 Å². The maximum Gasteiger partial charge on any atom is 0.305 e. The molecule has 0 saturated carbocycles. The van der Waals surface area contributed by atoms with Crippen LogP contribution in [0.1, 0.15) is 18.9 Å². The van der Waals surface area contributed by atoms with Gasteiger partial charge in [-0.05, 0) is 18.1 Å². The Balaban J connectivity index is 2.04. The average Bonchev–Trinajstić information content (AvgIpc) is 2.49. The third-order valence-corrected chi connectivity index (χ3v) is 4.92. The molecule has 1 fully saturated rings. The van der Waals surface area contributed by atoms with E-state index in [1.165, 1.54) is 6.07 Å². The molecule has 2 rings (SSSR count). The van der Waals surface area contributed by atoms with Crippen LogP contribution in [0.25, 0.3) is 0 Å². The van der Waals surface area contributed by atoms with Crippen molar-refractivity contribution < 1.29 is 19.1 Å². The zero-order valence-corrected chi connectivity index (χ0v) is 13.3. The van der Waals surface area contributed by atoms with E-state index in [0.29, 0.717) is 24.3 Å². The number of halogens is 1. The van der Waals surface area contributed by atoms with Gasteiger partial charge in [0.15, 0.2) is 0 Å². The fourth-order valence-electron chi connectivity index (χ4n) is 2.68. The second-order valence-corrected chi connectivity index (χ2v) is 6.70. The number of carbonyl (C=O) groups is 2. The molecule has 0 bridgehead atoms. The number of hydrogen-bond donors (Lipinski definition) is 1. The molecule has 0 spiro atoms. The Morgan fingerprint density at radius 1 is 1.45 bits per heavy atom.